The van der Waals surface area contributed by atoms with Crippen LogP contribution in [0.15, 0.2) is 6.07 Å². The van der Waals surface area contributed by atoms with Crippen molar-refractivity contribution in [2.75, 3.05) is 0 Å². The van der Waals surface area contributed by atoms with Gasteiger partial charge in [0.25, 0.3) is 5.91 Å². The van der Waals surface area contributed by atoms with Crippen LogP contribution in [0.4, 0.5) is 0 Å². The standard InChI is InChI=1S/C22H33NOS/c24-22-21-18(16-23(22)19-13-9-5-2-6-10-14-19)15-20(25-21)17-11-7-3-1-4-8-12-17/h15,17,19H,1-14,16H2. The van der Waals surface area contributed by atoms with Crippen molar-refractivity contribution in [3.8, 4) is 0 Å². The van der Waals surface area contributed by atoms with Crippen LogP contribution in [-0.2, 0) is 6.54 Å². The maximum Gasteiger partial charge on any atom is 0.264 e. The van der Waals surface area contributed by atoms with Gasteiger partial charge in [-0.25, -0.2) is 0 Å². The first-order valence-corrected chi connectivity index (χ1v) is 11.6. The number of fused-ring (bicyclic) bond motifs is 1. The number of carbonyl (C=O) groups is 1. The van der Waals surface area contributed by atoms with E-state index in [1.54, 1.807) is 0 Å². The van der Waals surface area contributed by atoms with Crippen molar-refractivity contribution in [1.29, 1.82) is 0 Å². The first-order chi connectivity index (χ1) is 12.3. The summed E-state index contributed by atoms with van der Waals surface area (Å²) >= 11 is 1.84. The minimum Gasteiger partial charge on any atom is -0.331 e. The fraction of sp³-hybridized carbons (Fsp3) is 0.773. The lowest BCUT2D eigenvalue weighted by molar-refractivity contribution is 0.0675. The second kappa shape index (κ2) is 8.24. The lowest BCUT2D eigenvalue weighted by Gasteiger charge is -2.29. The second-order valence-electron chi connectivity index (χ2n) is 8.48. The summed E-state index contributed by atoms with van der Waals surface area (Å²) in [6.07, 6.45) is 18.8. The van der Waals surface area contributed by atoms with Gasteiger partial charge in [-0.05, 0) is 43.2 Å². The van der Waals surface area contributed by atoms with E-state index in [1.807, 2.05) is 11.3 Å². The minimum atomic E-state index is 0.350. The molecule has 0 atom stereocenters. The highest BCUT2D eigenvalue weighted by atomic mass is 32.1. The van der Waals surface area contributed by atoms with E-state index in [0.29, 0.717) is 11.9 Å². The summed E-state index contributed by atoms with van der Waals surface area (Å²) in [4.78, 5) is 17.9. The zero-order valence-electron chi connectivity index (χ0n) is 15.6. The molecule has 2 nitrogen and oxygen atoms in total. The van der Waals surface area contributed by atoms with Gasteiger partial charge in [-0.15, -0.1) is 11.3 Å². The summed E-state index contributed by atoms with van der Waals surface area (Å²) < 4.78 is 0. The Bertz CT molecular complexity index is 577. The van der Waals surface area contributed by atoms with Gasteiger partial charge >= 0.3 is 0 Å². The lowest BCUT2D eigenvalue weighted by atomic mass is 9.90. The number of rotatable bonds is 2. The van der Waals surface area contributed by atoms with Gasteiger partial charge in [0.15, 0.2) is 0 Å². The van der Waals surface area contributed by atoms with Crippen LogP contribution in [-0.4, -0.2) is 16.8 Å². The fourth-order valence-electron chi connectivity index (χ4n) is 5.12. The van der Waals surface area contributed by atoms with Crippen molar-refractivity contribution < 1.29 is 4.79 Å². The van der Waals surface area contributed by atoms with Crippen LogP contribution in [0.1, 0.15) is 116 Å². The third-order valence-corrected chi connectivity index (χ3v) is 7.97. The molecule has 0 spiro atoms. The van der Waals surface area contributed by atoms with Gasteiger partial charge in [-0.2, -0.15) is 0 Å². The first-order valence-electron chi connectivity index (χ1n) is 10.8. The number of carbonyl (C=O) groups excluding carboxylic acids is 1. The Morgan fingerprint density at radius 3 is 1.96 bits per heavy atom. The molecule has 4 rings (SSSR count). The zero-order valence-corrected chi connectivity index (χ0v) is 16.4. The summed E-state index contributed by atoms with van der Waals surface area (Å²) in [7, 11) is 0. The average molecular weight is 360 g/mol. The van der Waals surface area contributed by atoms with E-state index in [4.69, 9.17) is 0 Å². The molecule has 138 valence electrons. The molecule has 0 bridgehead atoms. The molecule has 0 unspecified atom stereocenters. The molecule has 1 aromatic rings. The fourth-order valence-corrected chi connectivity index (χ4v) is 6.42. The molecule has 0 aromatic carbocycles. The Morgan fingerprint density at radius 1 is 0.800 bits per heavy atom. The number of hydrogen-bond acceptors (Lipinski definition) is 2. The normalized spacial score (nSPS) is 24.5. The Hall–Kier alpha value is -0.830. The molecule has 0 N–H and O–H groups in total. The number of nitrogens with zero attached hydrogens (tertiary/aromatic N) is 1. The third-order valence-electron chi connectivity index (χ3n) is 6.65. The van der Waals surface area contributed by atoms with Crippen LogP contribution < -0.4 is 0 Å². The van der Waals surface area contributed by atoms with Crippen LogP contribution in [0.3, 0.4) is 0 Å². The zero-order chi connectivity index (χ0) is 17.1. The molecule has 3 heteroatoms. The van der Waals surface area contributed by atoms with Gasteiger partial charge in [0.05, 0.1) is 4.88 Å². The van der Waals surface area contributed by atoms with Gasteiger partial charge in [0.2, 0.25) is 0 Å². The van der Waals surface area contributed by atoms with Crippen molar-refractivity contribution in [3.63, 3.8) is 0 Å². The van der Waals surface area contributed by atoms with E-state index < -0.39 is 0 Å². The predicted octanol–water partition coefficient (Wildman–Crippen LogP) is 6.64. The highest BCUT2D eigenvalue weighted by molar-refractivity contribution is 7.14. The number of hydrogen-bond donors (Lipinski definition) is 0. The minimum absolute atomic E-state index is 0.350. The summed E-state index contributed by atoms with van der Waals surface area (Å²) in [5.74, 6) is 1.07. The Kier molecular flexibility index (Phi) is 5.80. The molecule has 1 aliphatic heterocycles. The highest BCUT2D eigenvalue weighted by Gasteiger charge is 2.35. The molecule has 3 aliphatic rings. The summed E-state index contributed by atoms with van der Waals surface area (Å²) in [6.45, 7) is 0.891. The highest BCUT2D eigenvalue weighted by Crippen LogP contribution is 2.41. The quantitative estimate of drug-likeness (QED) is 0.579. The molecule has 2 saturated carbocycles. The molecule has 1 amide bonds. The van der Waals surface area contributed by atoms with Gasteiger partial charge in [0.1, 0.15) is 0 Å². The molecular weight excluding hydrogens is 326 g/mol. The maximum atomic E-state index is 13.0. The Balaban J connectivity index is 1.44. The van der Waals surface area contributed by atoms with Crippen molar-refractivity contribution >= 4 is 17.2 Å². The largest absolute Gasteiger partial charge is 0.331 e. The van der Waals surface area contributed by atoms with Crippen molar-refractivity contribution in [1.82, 2.24) is 4.90 Å². The van der Waals surface area contributed by atoms with Crippen LogP contribution in [0.5, 0.6) is 0 Å². The van der Waals surface area contributed by atoms with E-state index in [2.05, 4.69) is 11.0 Å². The second-order valence-corrected chi connectivity index (χ2v) is 9.56. The Labute approximate surface area is 157 Å². The molecule has 2 heterocycles. The monoisotopic (exact) mass is 359 g/mol. The molecule has 2 aliphatic carbocycles. The smallest absolute Gasteiger partial charge is 0.264 e. The van der Waals surface area contributed by atoms with E-state index in [-0.39, 0.29) is 0 Å². The van der Waals surface area contributed by atoms with E-state index in [9.17, 15) is 4.79 Å². The summed E-state index contributed by atoms with van der Waals surface area (Å²) in [5.41, 5.74) is 1.34. The predicted molar refractivity (Wildman–Crippen MR) is 105 cm³/mol. The molecule has 0 saturated heterocycles. The molecule has 2 fully saturated rings. The van der Waals surface area contributed by atoms with Gasteiger partial charge in [-0.1, -0.05) is 64.2 Å². The lowest BCUT2D eigenvalue weighted by Crippen LogP contribution is -2.36. The molecular formula is C22H33NOS. The maximum absolute atomic E-state index is 13.0. The van der Waals surface area contributed by atoms with Crippen molar-refractivity contribution in [3.05, 3.63) is 21.4 Å². The molecule has 0 radical (unpaired) electrons. The van der Waals surface area contributed by atoms with Crippen LogP contribution in [0.2, 0.25) is 0 Å². The Morgan fingerprint density at radius 2 is 1.36 bits per heavy atom. The first kappa shape index (κ1) is 17.6. The van der Waals surface area contributed by atoms with E-state index in [1.165, 1.54) is 100 Å². The molecule has 25 heavy (non-hydrogen) atoms. The van der Waals surface area contributed by atoms with Crippen LogP contribution in [0, 0.1) is 0 Å². The van der Waals surface area contributed by atoms with Gasteiger partial charge < -0.3 is 4.90 Å². The van der Waals surface area contributed by atoms with Crippen LogP contribution in [0.25, 0.3) is 0 Å². The van der Waals surface area contributed by atoms with E-state index in [0.717, 1.165) is 17.3 Å². The summed E-state index contributed by atoms with van der Waals surface area (Å²) in [5, 5.41) is 0. The average Bonchev–Trinajstić information content (AvgIpc) is 3.07. The van der Waals surface area contributed by atoms with Crippen molar-refractivity contribution in [2.24, 2.45) is 0 Å². The third kappa shape index (κ3) is 3.97. The SMILES string of the molecule is O=C1c2sc(C3CCCCCCC3)cc2CN1C1CCCCCCC1. The van der Waals surface area contributed by atoms with E-state index >= 15 is 0 Å². The molecule has 1 aromatic heterocycles. The number of amides is 1. The topological polar surface area (TPSA) is 20.3 Å². The summed E-state index contributed by atoms with van der Waals surface area (Å²) in [6, 6.07) is 2.91. The van der Waals surface area contributed by atoms with Crippen molar-refractivity contribution in [2.45, 2.75) is 108 Å². The van der Waals surface area contributed by atoms with Gasteiger partial charge in [-0.3, -0.25) is 4.79 Å². The van der Waals surface area contributed by atoms with Gasteiger partial charge in [0, 0.05) is 17.5 Å². The van der Waals surface area contributed by atoms with Crippen LogP contribution >= 0.6 is 11.3 Å². The number of thiophene rings is 1.